The van der Waals surface area contributed by atoms with E-state index in [1.54, 1.807) is 20.8 Å². The molecule has 0 aliphatic heterocycles. The van der Waals surface area contributed by atoms with Gasteiger partial charge in [0.2, 0.25) is 16.6 Å². The molecule has 0 spiro atoms. The Morgan fingerprint density at radius 1 is 0.700 bits per heavy atom. The largest absolute Gasteiger partial charge is 0.299 e. The first-order valence-corrected chi connectivity index (χ1v) is 7.85. The lowest BCUT2D eigenvalue weighted by molar-refractivity contribution is -0.117. The van der Waals surface area contributed by atoms with Crippen molar-refractivity contribution < 1.29 is 18.9 Å². The van der Waals surface area contributed by atoms with E-state index in [2.05, 4.69) is 19.7 Å². The van der Waals surface area contributed by atoms with Crippen LogP contribution in [0.5, 0.6) is 0 Å². The number of hydrogen-bond donors (Lipinski definition) is 0. The molecule has 0 heterocycles. The van der Waals surface area contributed by atoms with E-state index in [9.17, 15) is 18.9 Å². The molecule has 0 aromatic rings. The van der Waals surface area contributed by atoms with Gasteiger partial charge in [-0.15, -0.1) is 0 Å². The van der Waals surface area contributed by atoms with Crippen molar-refractivity contribution in [3.05, 3.63) is 36.5 Å². The minimum absolute atomic E-state index is 0.235. The van der Waals surface area contributed by atoms with Crippen LogP contribution in [-0.4, -0.2) is 16.6 Å². The number of carbonyl (C=O) groups excluding carboxylic acids is 3. The zero-order valence-electron chi connectivity index (χ0n) is 12.3. The Morgan fingerprint density at radius 2 is 0.900 bits per heavy atom. The molecule has 0 aromatic carbocycles. The summed E-state index contributed by atoms with van der Waals surface area (Å²) < 4.78 is 12.7. The Balaban J connectivity index is 5.60. The van der Waals surface area contributed by atoms with Crippen molar-refractivity contribution in [3.8, 4) is 0 Å². The topological polar surface area (TPSA) is 68.3 Å². The molecule has 0 rings (SSSR count). The third kappa shape index (κ3) is 4.86. The fourth-order valence-corrected chi connectivity index (χ4v) is 3.84. The van der Waals surface area contributed by atoms with Crippen molar-refractivity contribution in [2.75, 3.05) is 0 Å². The van der Waals surface area contributed by atoms with Crippen LogP contribution < -0.4 is 0 Å². The molecule has 20 heavy (non-hydrogen) atoms. The molecule has 0 radical (unpaired) electrons. The smallest absolute Gasteiger partial charge is 0.273 e. The van der Waals surface area contributed by atoms with Gasteiger partial charge in [-0.25, -0.2) is 0 Å². The van der Waals surface area contributed by atoms with Gasteiger partial charge in [0.1, 0.15) is 0 Å². The normalized spacial score (nSPS) is 10.8. The van der Waals surface area contributed by atoms with Crippen molar-refractivity contribution in [2.24, 2.45) is 0 Å². The fourth-order valence-electron chi connectivity index (χ4n) is 1.53. The van der Waals surface area contributed by atoms with Gasteiger partial charge in [0.25, 0.3) is 7.14 Å². The van der Waals surface area contributed by atoms with Gasteiger partial charge in [0, 0.05) is 19.3 Å². The third-order valence-electron chi connectivity index (χ3n) is 2.41. The first kappa shape index (κ1) is 18.5. The Labute approximate surface area is 120 Å². The summed E-state index contributed by atoms with van der Waals surface area (Å²) in [7, 11) is -4.25. The van der Waals surface area contributed by atoms with Crippen LogP contribution in [0.2, 0.25) is 0 Å². The van der Waals surface area contributed by atoms with Crippen LogP contribution in [0, 0.1) is 0 Å². The zero-order valence-corrected chi connectivity index (χ0v) is 13.2. The van der Waals surface area contributed by atoms with Gasteiger partial charge in [-0.2, -0.15) is 0 Å². The molecule has 0 bridgehead atoms. The number of hydrogen-bond acceptors (Lipinski definition) is 4. The minimum atomic E-state index is -4.25. The van der Waals surface area contributed by atoms with Gasteiger partial charge in [-0.1, -0.05) is 36.5 Å². The van der Waals surface area contributed by atoms with Gasteiger partial charge in [0.05, 0.1) is 0 Å². The average molecular weight is 296 g/mol. The lowest BCUT2D eigenvalue weighted by atomic mass is 10.3. The maximum Gasteiger partial charge on any atom is 0.273 e. The summed E-state index contributed by atoms with van der Waals surface area (Å²) in [5, 5.41) is 0. The van der Waals surface area contributed by atoms with Gasteiger partial charge < -0.3 is 0 Å². The predicted molar refractivity (Wildman–Crippen MR) is 80.9 cm³/mol. The molecule has 0 aromatic heterocycles. The van der Waals surface area contributed by atoms with E-state index in [0.29, 0.717) is 16.7 Å². The Kier molecular flexibility index (Phi) is 6.74. The molecule has 0 saturated heterocycles. The van der Waals surface area contributed by atoms with E-state index in [1.165, 1.54) is 0 Å². The highest BCUT2D eigenvalue weighted by Crippen LogP contribution is 2.52. The summed E-state index contributed by atoms with van der Waals surface area (Å²) in [5.41, 5.74) is -1.16. The third-order valence-corrected chi connectivity index (χ3v) is 4.99. The van der Waals surface area contributed by atoms with Gasteiger partial charge in [-0.3, -0.25) is 18.9 Å². The highest BCUT2D eigenvalue weighted by atomic mass is 31.2. The Bertz CT molecular complexity index is 464. The first-order chi connectivity index (χ1) is 9.01. The molecule has 0 amide bonds. The van der Waals surface area contributed by atoms with E-state index in [0.717, 1.165) is 0 Å². The molecular weight excluding hydrogens is 275 g/mol. The van der Waals surface area contributed by atoms with Crippen molar-refractivity contribution in [1.82, 2.24) is 0 Å². The van der Waals surface area contributed by atoms with E-state index in [-0.39, 0.29) is 19.3 Å². The second-order valence-corrected chi connectivity index (χ2v) is 7.91. The van der Waals surface area contributed by atoms with E-state index >= 15 is 0 Å². The standard InChI is InChI=1S/C15H21O4P/c1-10(2)7-13(16)20(19,14(17)8-11(3)4)15(18)9-12(5)6/h1,3,5,7-9H2,2,4,6H3. The fraction of sp³-hybridized carbons (Fsp3) is 0.400. The van der Waals surface area contributed by atoms with Gasteiger partial charge in [0.15, 0.2) is 0 Å². The van der Waals surface area contributed by atoms with Gasteiger partial charge in [-0.05, 0) is 20.8 Å². The van der Waals surface area contributed by atoms with E-state index < -0.39 is 23.7 Å². The molecule has 0 aliphatic carbocycles. The molecule has 0 saturated carbocycles. The predicted octanol–water partition coefficient (Wildman–Crippen LogP) is 3.83. The molecular formula is C15H21O4P. The lowest BCUT2D eigenvalue weighted by Gasteiger charge is -2.15. The summed E-state index contributed by atoms with van der Waals surface area (Å²) in [4.78, 5) is 36.3. The lowest BCUT2D eigenvalue weighted by Crippen LogP contribution is -2.18. The van der Waals surface area contributed by atoms with Crippen LogP contribution in [0.15, 0.2) is 36.5 Å². The summed E-state index contributed by atoms with van der Waals surface area (Å²) >= 11 is 0. The molecule has 0 atom stereocenters. The van der Waals surface area contributed by atoms with E-state index in [1.807, 2.05) is 0 Å². The summed E-state index contributed by atoms with van der Waals surface area (Å²) in [6.07, 6.45) is -0.705. The van der Waals surface area contributed by atoms with Crippen molar-refractivity contribution >= 4 is 23.7 Å². The summed E-state index contributed by atoms with van der Waals surface area (Å²) in [6, 6.07) is 0. The van der Waals surface area contributed by atoms with Crippen LogP contribution in [0.25, 0.3) is 0 Å². The molecule has 0 N–H and O–H groups in total. The van der Waals surface area contributed by atoms with Crippen LogP contribution in [0.1, 0.15) is 40.0 Å². The van der Waals surface area contributed by atoms with Crippen LogP contribution in [0.3, 0.4) is 0 Å². The molecule has 4 nitrogen and oxygen atoms in total. The molecule has 5 heteroatoms. The minimum Gasteiger partial charge on any atom is -0.299 e. The second-order valence-electron chi connectivity index (χ2n) is 5.19. The van der Waals surface area contributed by atoms with Crippen LogP contribution in [0.4, 0.5) is 0 Å². The Hall–Kier alpha value is -1.54. The maximum atomic E-state index is 12.7. The van der Waals surface area contributed by atoms with Gasteiger partial charge >= 0.3 is 0 Å². The van der Waals surface area contributed by atoms with Crippen molar-refractivity contribution in [1.29, 1.82) is 0 Å². The van der Waals surface area contributed by atoms with Crippen LogP contribution in [-0.2, 0) is 18.9 Å². The number of carbonyl (C=O) groups is 3. The quantitative estimate of drug-likeness (QED) is 0.479. The number of allylic oxidation sites excluding steroid dienone is 3. The molecule has 0 fully saturated rings. The molecule has 0 aliphatic rings. The SMILES string of the molecule is C=C(C)CC(=O)P(=O)(C(=O)CC(=C)C)C(=O)CC(=C)C. The zero-order chi connectivity index (χ0) is 16.1. The number of rotatable bonds is 9. The van der Waals surface area contributed by atoms with Crippen LogP contribution >= 0.6 is 7.14 Å². The highest BCUT2D eigenvalue weighted by molar-refractivity contribution is 8.06. The first-order valence-electron chi connectivity index (χ1n) is 6.15. The maximum absolute atomic E-state index is 12.7. The van der Waals surface area contributed by atoms with E-state index in [4.69, 9.17) is 0 Å². The Morgan fingerprint density at radius 3 is 1.05 bits per heavy atom. The second kappa shape index (κ2) is 7.30. The molecule has 0 unspecified atom stereocenters. The summed E-state index contributed by atoms with van der Waals surface area (Å²) in [5.74, 6) is 0. The highest BCUT2D eigenvalue weighted by Gasteiger charge is 2.45. The molecule has 110 valence electrons. The van der Waals surface area contributed by atoms with Crippen molar-refractivity contribution in [2.45, 2.75) is 40.0 Å². The van der Waals surface area contributed by atoms with Crippen molar-refractivity contribution in [3.63, 3.8) is 0 Å². The summed E-state index contributed by atoms with van der Waals surface area (Å²) in [6.45, 7) is 15.4. The average Bonchev–Trinajstić information content (AvgIpc) is 2.24. The monoisotopic (exact) mass is 296 g/mol.